The van der Waals surface area contributed by atoms with Gasteiger partial charge in [-0.2, -0.15) is 4.39 Å². The number of sulfone groups is 1. The summed E-state index contributed by atoms with van der Waals surface area (Å²) < 4.78 is 45.7. The van der Waals surface area contributed by atoms with Gasteiger partial charge in [-0.15, -0.1) is 0 Å². The fourth-order valence-electron chi connectivity index (χ4n) is 4.12. The van der Waals surface area contributed by atoms with Crippen LogP contribution in [0, 0.1) is 5.41 Å². The zero-order chi connectivity index (χ0) is 24.2. The van der Waals surface area contributed by atoms with Crippen molar-refractivity contribution in [2.75, 3.05) is 17.2 Å². The fourth-order valence-corrected chi connectivity index (χ4v) is 6.50. The van der Waals surface area contributed by atoms with Crippen LogP contribution >= 0.6 is 11.6 Å². The number of fused-ring (bicyclic) bond motifs is 1. The summed E-state index contributed by atoms with van der Waals surface area (Å²) in [5.74, 6) is -3.51. The fraction of sp³-hybridized carbons (Fsp3) is 0.375. The molecule has 9 heteroatoms. The lowest BCUT2D eigenvalue weighted by molar-refractivity contribution is -0.134. The van der Waals surface area contributed by atoms with E-state index in [2.05, 4.69) is 6.92 Å². The molecule has 2 aromatic rings. The van der Waals surface area contributed by atoms with E-state index in [4.69, 9.17) is 21.4 Å². The number of halogens is 2. The Labute approximate surface area is 198 Å². The molecular formula is C24H27ClFNO5S. The van der Waals surface area contributed by atoms with Crippen LogP contribution in [-0.4, -0.2) is 31.8 Å². The van der Waals surface area contributed by atoms with Crippen molar-refractivity contribution in [1.29, 1.82) is 0 Å². The SMILES string of the molecule is CCCCC1(CC)CN(c2ccccc2)c2cc(Cl)c(OC=C(F)C(=O)O)cc2S(=O)(=O)C1. The Morgan fingerprint density at radius 3 is 2.58 bits per heavy atom. The normalized spacial score (nSPS) is 20.1. The second kappa shape index (κ2) is 10.1. The van der Waals surface area contributed by atoms with Gasteiger partial charge in [-0.3, -0.25) is 0 Å². The molecule has 1 aliphatic rings. The molecule has 0 aromatic heterocycles. The highest BCUT2D eigenvalue weighted by Crippen LogP contribution is 2.46. The van der Waals surface area contributed by atoms with Gasteiger partial charge in [0.05, 0.1) is 21.4 Å². The van der Waals surface area contributed by atoms with Crippen molar-refractivity contribution in [2.45, 2.75) is 44.4 Å². The number of hydrogen-bond donors (Lipinski definition) is 1. The molecule has 2 aromatic carbocycles. The first-order valence-corrected chi connectivity index (χ1v) is 12.8. The maximum absolute atomic E-state index is 13.6. The summed E-state index contributed by atoms with van der Waals surface area (Å²) in [5.41, 5.74) is 0.756. The van der Waals surface area contributed by atoms with Gasteiger partial charge in [0.2, 0.25) is 5.83 Å². The Kier molecular flexibility index (Phi) is 7.69. The lowest BCUT2D eigenvalue weighted by Gasteiger charge is -2.36. The highest BCUT2D eigenvalue weighted by Gasteiger charge is 2.41. The standard InChI is InChI=1S/C24H27ClFNO5S/c1-3-5-11-24(4-2)15-27(17-9-7-6-8-10-17)20-12-18(25)21(32-14-19(26)23(28)29)13-22(20)33(30,31)16-24/h6-10,12-14H,3-5,11,15-16H2,1-2H3,(H,28,29). The Balaban J connectivity index is 2.20. The monoisotopic (exact) mass is 495 g/mol. The molecule has 1 unspecified atom stereocenters. The van der Waals surface area contributed by atoms with E-state index in [1.165, 1.54) is 12.1 Å². The largest absolute Gasteiger partial charge is 0.476 e. The lowest BCUT2D eigenvalue weighted by Crippen LogP contribution is -2.37. The maximum atomic E-state index is 13.6. The van der Waals surface area contributed by atoms with E-state index in [9.17, 15) is 17.6 Å². The molecule has 1 atom stereocenters. The Bertz CT molecular complexity index is 1150. The molecule has 1 N–H and O–H groups in total. The molecule has 0 radical (unpaired) electrons. The molecule has 0 bridgehead atoms. The number of para-hydroxylation sites is 1. The molecule has 6 nitrogen and oxygen atoms in total. The molecular weight excluding hydrogens is 469 g/mol. The van der Waals surface area contributed by atoms with Gasteiger partial charge in [0.15, 0.2) is 9.84 Å². The molecule has 3 rings (SSSR count). The van der Waals surface area contributed by atoms with Crippen LogP contribution in [0.1, 0.15) is 39.5 Å². The van der Waals surface area contributed by atoms with Crippen molar-refractivity contribution in [3.8, 4) is 5.75 Å². The number of carboxylic acids is 1. The minimum Gasteiger partial charge on any atom is -0.476 e. The quantitative estimate of drug-likeness (QED) is 0.350. The average Bonchev–Trinajstić information content (AvgIpc) is 2.88. The number of unbranched alkanes of at least 4 members (excludes halogenated alkanes) is 1. The summed E-state index contributed by atoms with van der Waals surface area (Å²) in [4.78, 5) is 12.7. The minimum absolute atomic E-state index is 0.0155. The summed E-state index contributed by atoms with van der Waals surface area (Å²) in [5, 5.41) is 8.74. The number of aliphatic carboxylic acids is 1. The summed E-state index contributed by atoms with van der Waals surface area (Å²) in [6.07, 6.45) is 3.67. The molecule has 0 fully saturated rings. The van der Waals surface area contributed by atoms with Crippen molar-refractivity contribution >= 4 is 38.8 Å². The second-order valence-corrected chi connectivity index (χ2v) is 10.6. The first-order chi connectivity index (χ1) is 15.6. The average molecular weight is 496 g/mol. The Hall–Kier alpha value is -2.58. The number of ether oxygens (including phenoxy) is 1. The molecule has 0 amide bonds. The molecule has 33 heavy (non-hydrogen) atoms. The van der Waals surface area contributed by atoms with Gasteiger partial charge in [-0.1, -0.05) is 56.5 Å². The van der Waals surface area contributed by atoms with Crippen LogP contribution in [-0.2, 0) is 14.6 Å². The van der Waals surface area contributed by atoms with E-state index in [0.717, 1.165) is 24.9 Å². The van der Waals surface area contributed by atoms with E-state index >= 15 is 0 Å². The zero-order valence-electron chi connectivity index (χ0n) is 18.6. The molecule has 1 aliphatic heterocycles. The number of carbonyl (C=O) groups is 1. The van der Waals surface area contributed by atoms with Gasteiger partial charge in [0.25, 0.3) is 0 Å². The third-order valence-corrected chi connectivity index (χ3v) is 8.29. The summed E-state index contributed by atoms with van der Waals surface area (Å²) in [7, 11) is -3.77. The molecule has 0 spiro atoms. The van der Waals surface area contributed by atoms with Crippen LogP contribution in [0.4, 0.5) is 15.8 Å². The third-order valence-electron chi connectivity index (χ3n) is 6.00. The van der Waals surface area contributed by atoms with Gasteiger partial charge in [-0.25, -0.2) is 13.2 Å². The van der Waals surface area contributed by atoms with Crippen LogP contribution < -0.4 is 9.64 Å². The molecule has 178 valence electrons. The predicted molar refractivity (Wildman–Crippen MR) is 127 cm³/mol. The van der Waals surface area contributed by atoms with Crippen LogP contribution in [0.15, 0.2) is 59.4 Å². The van der Waals surface area contributed by atoms with Crippen molar-refractivity contribution < 1.29 is 27.4 Å². The topological polar surface area (TPSA) is 83.9 Å². The maximum Gasteiger partial charge on any atom is 0.368 e. The highest BCUT2D eigenvalue weighted by molar-refractivity contribution is 7.91. The van der Waals surface area contributed by atoms with E-state index < -0.39 is 27.0 Å². The molecule has 1 heterocycles. The third kappa shape index (κ3) is 5.50. The zero-order valence-corrected chi connectivity index (χ0v) is 20.1. The van der Waals surface area contributed by atoms with Gasteiger partial charge in [0.1, 0.15) is 12.0 Å². The van der Waals surface area contributed by atoms with Crippen molar-refractivity contribution in [2.24, 2.45) is 5.41 Å². The van der Waals surface area contributed by atoms with Crippen molar-refractivity contribution in [3.05, 3.63) is 59.6 Å². The number of anilines is 2. The highest BCUT2D eigenvalue weighted by atomic mass is 35.5. The minimum atomic E-state index is -3.77. The summed E-state index contributed by atoms with van der Waals surface area (Å²) >= 11 is 6.37. The Morgan fingerprint density at radius 1 is 1.27 bits per heavy atom. The van der Waals surface area contributed by atoms with E-state index in [-0.39, 0.29) is 21.4 Å². The van der Waals surface area contributed by atoms with Crippen LogP contribution in [0.25, 0.3) is 0 Å². The number of carboxylic acid groups (broad SMARTS) is 1. The van der Waals surface area contributed by atoms with Crippen LogP contribution in [0.2, 0.25) is 5.02 Å². The van der Waals surface area contributed by atoms with Gasteiger partial charge in [-0.05, 0) is 31.0 Å². The van der Waals surface area contributed by atoms with Crippen LogP contribution in [0.5, 0.6) is 5.75 Å². The Morgan fingerprint density at radius 2 is 1.97 bits per heavy atom. The number of nitrogens with zero attached hydrogens (tertiary/aromatic N) is 1. The van der Waals surface area contributed by atoms with E-state index in [1.54, 1.807) is 0 Å². The van der Waals surface area contributed by atoms with Crippen molar-refractivity contribution in [1.82, 2.24) is 0 Å². The number of hydrogen-bond acceptors (Lipinski definition) is 5. The first kappa shape index (κ1) is 25.1. The smallest absolute Gasteiger partial charge is 0.368 e. The molecule has 0 saturated heterocycles. The van der Waals surface area contributed by atoms with Crippen LogP contribution in [0.3, 0.4) is 0 Å². The molecule has 0 aliphatic carbocycles. The van der Waals surface area contributed by atoms with E-state index in [0.29, 0.717) is 24.9 Å². The van der Waals surface area contributed by atoms with E-state index in [1.807, 2.05) is 42.2 Å². The summed E-state index contributed by atoms with van der Waals surface area (Å²) in [6, 6.07) is 12.2. The first-order valence-electron chi connectivity index (χ1n) is 10.8. The van der Waals surface area contributed by atoms with Gasteiger partial charge < -0.3 is 14.7 Å². The lowest BCUT2D eigenvalue weighted by atomic mass is 9.81. The number of rotatable bonds is 8. The predicted octanol–water partition coefficient (Wildman–Crippen LogP) is 6.13. The number of benzene rings is 2. The van der Waals surface area contributed by atoms with Gasteiger partial charge >= 0.3 is 5.97 Å². The van der Waals surface area contributed by atoms with Gasteiger partial charge in [0, 0.05) is 23.7 Å². The van der Waals surface area contributed by atoms with Crippen molar-refractivity contribution in [3.63, 3.8) is 0 Å². The molecule has 0 saturated carbocycles. The second-order valence-electron chi connectivity index (χ2n) is 8.28. The summed E-state index contributed by atoms with van der Waals surface area (Å²) in [6.45, 7) is 4.57.